The van der Waals surface area contributed by atoms with Gasteiger partial charge in [0.1, 0.15) is 6.61 Å². The van der Waals surface area contributed by atoms with Crippen LogP contribution in [0, 0.1) is 19.3 Å². The Morgan fingerprint density at radius 1 is 1.04 bits per heavy atom. The Bertz CT molecular complexity index is 2110. The number of carbonyl (C=O) groups is 1. The van der Waals surface area contributed by atoms with Gasteiger partial charge in [0.05, 0.1) is 28.0 Å². The van der Waals surface area contributed by atoms with E-state index in [1.807, 2.05) is 45.9 Å². The zero-order valence-corrected chi connectivity index (χ0v) is 28.8. The van der Waals surface area contributed by atoms with Gasteiger partial charge in [-0.2, -0.15) is 9.97 Å². The van der Waals surface area contributed by atoms with Crippen molar-refractivity contribution in [2.24, 2.45) is 5.41 Å². The van der Waals surface area contributed by atoms with Crippen LogP contribution in [0.5, 0.6) is 5.88 Å². The molecular weight excluding hydrogens is 646 g/mol. The van der Waals surface area contributed by atoms with Gasteiger partial charge in [-0.1, -0.05) is 45.0 Å². The number of aromatic nitrogens is 5. The summed E-state index contributed by atoms with van der Waals surface area (Å²) in [5, 5.41) is 12.9. The molecule has 5 aromatic rings. The van der Waals surface area contributed by atoms with Gasteiger partial charge in [0.15, 0.2) is 0 Å². The van der Waals surface area contributed by atoms with Crippen molar-refractivity contribution < 1.29 is 27.5 Å². The number of benzene rings is 2. The molecule has 0 amide bonds. The van der Waals surface area contributed by atoms with Crippen LogP contribution in [0.3, 0.4) is 0 Å². The maximum atomic E-state index is 13.4. The van der Waals surface area contributed by atoms with Gasteiger partial charge in [0.2, 0.25) is 23.4 Å². The Labute approximate surface area is 284 Å². The summed E-state index contributed by atoms with van der Waals surface area (Å²) in [5.74, 6) is -0.549. The molecule has 1 aliphatic carbocycles. The zero-order chi connectivity index (χ0) is 34.9. The molecular formula is C35H39N7O6S. The normalized spacial score (nSPS) is 14.6. The van der Waals surface area contributed by atoms with Crippen molar-refractivity contribution in [3.05, 3.63) is 83.0 Å². The standard InChI is InChI=1S/C35H39N7O6S/c1-20(2)31-41-30-32(48-31)37-18-25(38-30)17-36-24(16-35(5)12-13-35)19-47-28-15-27(29-21(3)8-6-9-22(29)4)39-34(40-28)42-49(45,46)26-11-7-10-23(14-26)33(43)44/h6-11,14-15,18,20,24,36H,12-13,16-17,19H2,1-5H3,(H,43,44)(H,39,40,42)/t24-/m1/s1. The van der Waals surface area contributed by atoms with Gasteiger partial charge in [-0.25, -0.2) is 32.9 Å². The highest BCUT2D eigenvalue weighted by Crippen LogP contribution is 2.49. The van der Waals surface area contributed by atoms with E-state index in [1.54, 1.807) is 12.3 Å². The van der Waals surface area contributed by atoms with E-state index >= 15 is 0 Å². The van der Waals surface area contributed by atoms with Gasteiger partial charge in [0, 0.05) is 30.1 Å². The molecule has 3 heterocycles. The van der Waals surface area contributed by atoms with Gasteiger partial charge in [-0.15, -0.1) is 0 Å². The summed E-state index contributed by atoms with van der Waals surface area (Å²) in [6, 6.07) is 12.5. The number of aryl methyl sites for hydroxylation is 2. The Morgan fingerprint density at radius 3 is 2.47 bits per heavy atom. The first kappa shape index (κ1) is 33.9. The van der Waals surface area contributed by atoms with Crippen LogP contribution in [0.1, 0.15) is 79.0 Å². The second-order valence-electron chi connectivity index (χ2n) is 13.2. The van der Waals surface area contributed by atoms with E-state index in [9.17, 15) is 18.3 Å². The van der Waals surface area contributed by atoms with Crippen LogP contribution in [-0.2, 0) is 16.6 Å². The maximum absolute atomic E-state index is 13.4. The van der Waals surface area contributed by atoms with Gasteiger partial charge < -0.3 is 19.6 Å². The number of hydrogen-bond donors (Lipinski definition) is 3. The molecule has 256 valence electrons. The third-order valence-corrected chi connectivity index (χ3v) is 9.91. The summed E-state index contributed by atoms with van der Waals surface area (Å²) in [6.07, 6.45) is 4.76. The van der Waals surface area contributed by atoms with E-state index in [-0.39, 0.29) is 46.3 Å². The summed E-state index contributed by atoms with van der Waals surface area (Å²) in [5.41, 5.74) is 4.81. The highest BCUT2D eigenvalue weighted by Gasteiger charge is 2.39. The average molecular weight is 686 g/mol. The number of sulfonamides is 1. The second kappa shape index (κ2) is 13.5. The molecule has 1 atom stereocenters. The summed E-state index contributed by atoms with van der Waals surface area (Å²) >= 11 is 0. The second-order valence-corrected chi connectivity index (χ2v) is 14.9. The lowest BCUT2D eigenvalue weighted by Crippen LogP contribution is -2.36. The van der Waals surface area contributed by atoms with Gasteiger partial charge in [-0.3, -0.25) is 0 Å². The van der Waals surface area contributed by atoms with Crippen LogP contribution in [0.15, 0.2) is 64.0 Å². The maximum Gasteiger partial charge on any atom is 0.335 e. The minimum atomic E-state index is -4.24. The van der Waals surface area contributed by atoms with Crippen molar-refractivity contribution in [3.63, 3.8) is 0 Å². The number of nitrogens with one attached hydrogen (secondary N) is 2. The molecule has 0 radical (unpaired) electrons. The Morgan fingerprint density at radius 2 is 1.78 bits per heavy atom. The van der Waals surface area contributed by atoms with Crippen LogP contribution in [0.4, 0.5) is 5.95 Å². The number of fused-ring (bicyclic) bond motifs is 1. The van der Waals surface area contributed by atoms with Crippen molar-refractivity contribution >= 4 is 33.3 Å². The number of hydrogen-bond acceptors (Lipinski definition) is 11. The van der Waals surface area contributed by atoms with Crippen molar-refractivity contribution in [1.82, 2.24) is 30.2 Å². The molecule has 0 aliphatic heterocycles. The number of rotatable bonds is 14. The van der Waals surface area contributed by atoms with Gasteiger partial charge >= 0.3 is 5.97 Å². The molecule has 2 aromatic carbocycles. The third-order valence-electron chi connectivity index (χ3n) is 8.59. The first-order valence-electron chi connectivity index (χ1n) is 16.1. The molecule has 0 saturated heterocycles. The predicted molar refractivity (Wildman–Crippen MR) is 183 cm³/mol. The van der Waals surface area contributed by atoms with Crippen molar-refractivity contribution in [2.75, 3.05) is 11.3 Å². The minimum Gasteiger partial charge on any atom is -0.478 e. The number of aromatic carboxylic acids is 1. The number of carboxylic acid groups (broad SMARTS) is 1. The van der Waals surface area contributed by atoms with Crippen LogP contribution < -0.4 is 14.8 Å². The number of ether oxygens (including phenoxy) is 1. The lowest BCUT2D eigenvalue weighted by molar-refractivity contribution is 0.0696. The Kier molecular flexibility index (Phi) is 9.36. The van der Waals surface area contributed by atoms with E-state index in [2.05, 4.69) is 41.9 Å². The lowest BCUT2D eigenvalue weighted by Gasteiger charge is -2.22. The van der Waals surface area contributed by atoms with Crippen molar-refractivity contribution in [2.45, 2.75) is 77.3 Å². The predicted octanol–water partition coefficient (Wildman–Crippen LogP) is 6.04. The molecule has 3 N–H and O–H groups in total. The van der Waals surface area contributed by atoms with Gasteiger partial charge in [0.25, 0.3) is 15.7 Å². The molecule has 3 aromatic heterocycles. The minimum absolute atomic E-state index is 0.0916. The molecule has 1 saturated carbocycles. The molecule has 0 bridgehead atoms. The molecule has 1 fully saturated rings. The molecule has 14 heteroatoms. The SMILES string of the molecule is Cc1cccc(C)c1-c1cc(OC[C@@H](CC2(C)CC2)NCc2cnc3oc(C(C)C)nc3n2)nc(NS(=O)(=O)c2cccc(C(=O)O)c2)n1. The smallest absolute Gasteiger partial charge is 0.335 e. The van der Waals surface area contributed by atoms with Crippen LogP contribution in [0.2, 0.25) is 0 Å². The highest BCUT2D eigenvalue weighted by molar-refractivity contribution is 7.92. The van der Waals surface area contributed by atoms with E-state index in [1.165, 1.54) is 18.2 Å². The van der Waals surface area contributed by atoms with Gasteiger partial charge in [-0.05, 0) is 67.9 Å². The van der Waals surface area contributed by atoms with E-state index in [4.69, 9.17) is 9.15 Å². The fourth-order valence-electron chi connectivity index (χ4n) is 5.61. The van der Waals surface area contributed by atoms with E-state index in [0.717, 1.165) is 42.0 Å². The first-order chi connectivity index (χ1) is 23.3. The summed E-state index contributed by atoms with van der Waals surface area (Å²) < 4.78 is 41.2. The quantitative estimate of drug-likeness (QED) is 0.123. The van der Waals surface area contributed by atoms with Crippen LogP contribution >= 0.6 is 0 Å². The third kappa shape index (κ3) is 8.03. The number of oxazole rings is 1. The van der Waals surface area contributed by atoms with E-state index in [0.29, 0.717) is 35.2 Å². The van der Waals surface area contributed by atoms with Crippen LogP contribution in [-0.4, -0.2) is 57.1 Å². The molecule has 49 heavy (non-hydrogen) atoms. The van der Waals surface area contributed by atoms with Crippen LogP contribution in [0.25, 0.3) is 22.6 Å². The fourth-order valence-corrected chi connectivity index (χ4v) is 6.60. The van der Waals surface area contributed by atoms with E-state index < -0.39 is 16.0 Å². The summed E-state index contributed by atoms with van der Waals surface area (Å²) in [4.78, 5) is 33.8. The van der Waals surface area contributed by atoms with Crippen molar-refractivity contribution in [1.29, 1.82) is 0 Å². The summed E-state index contributed by atoms with van der Waals surface area (Å²) in [7, 11) is -4.24. The summed E-state index contributed by atoms with van der Waals surface area (Å²) in [6.45, 7) is 10.8. The molecule has 1 aliphatic rings. The topological polar surface area (TPSA) is 182 Å². The Balaban J connectivity index is 1.26. The lowest BCUT2D eigenvalue weighted by atomic mass is 9.99. The molecule has 6 rings (SSSR count). The molecule has 0 unspecified atom stereocenters. The number of carboxylic acids is 1. The fraction of sp³-hybridized carbons (Fsp3) is 0.371. The molecule has 13 nitrogen and oxygen atoms in total. The highest BCUT2D eigenvalue weighted by atomic mass is 32.2. The number of anilines is 1. The Hall–Kier alpha value is -4.95. The average Bonchev–Trinajstić information content (AvgIpc) is 3.61. The monoisotopic (exact) mass is 685 g/mol. The molecule has 0 spiro atoms. The zero-order valence-electron chi connectivity index (χ0n) is 28.0. The largest absolute Gasteiger partial charge is 0.478 e. The van der Waals surface area contributed by atoms with Crippen molar-refractivity contribution in [3.8, 4) is 17.1 Å². The number of nitrogens with zero attached hydrogens (tertiary/aromatic N) is 5. The first-order valence-corrected chi connectivity index (χ1v) is 17.6.